The number of nitriles is 1. The number of alkyl carbamates (subject to hydrolysis) is 1. The van der Waals surface area contributed by atoms with Crippen molar-refractivity contribution in [3.05, 3.63) is 59.2 Å². The number of rotatable bonds is 4. The van der Waals surface area contributed by atoms with Crippen LogP contribution in [0.15, 0.2) is 42.5 Å². The van der Waals surface area contributed by atoms with Crippen LogP contribution >= 0.6 is 0 Å². The van der Waals surface area contributed by atoms with Crippen LogP contribution in [0, 0.1) is 23.2 Å². The third-order valence-electron chi connectivity index (χ3n) is 3.18. The van der Waals surface area contributed by atoms with Gasteiger partial charge < -0.3 is 19.9 Å². The van der Waals surface area contributed by atoms with Gasteiger partial charge in [-0.15, -0.1) is 0 Å². The summed E-state index contributed by atoms with van der Waals surface area (Å²) < 4.78 is 10.0. The molecule has 0 saturated heterocycles. The van der Waals surface area contributed by atoms with Gasteiger partial charge in [-0.25, -0.2) is 4.79 Å². The normalized spacial score (nSPS) is 9.28. The van der Waals surface area contributed by atoms with Crippen LogP contribution in [-0.2, 0) is 11.3 Å². The third kappa shape index (κ3) is 5.19. The van der Waals surface area contributed by atoms with Gasteiger partial charge in [-0.1, -0.05) is 42.2 Å². The molecule has 0 atom stereocenters. The van der Waals surface area contributed by atoms with E-state index in [1.165, 1.54) is 19.2 Å². The summed E-state index contributed by atoms with van der Waals surface area (Å²) in [4.78, 5) is 11.6. The SMILES string of the molecule is COc1cc(C#N)cc(C#CCNC(=O)OCc2ccccc2)c1O. The van der Waals surface area contributed by atoms with E-state index in [0.29, 0.717) is 5.56 Å². The Labute approximate surface area is 145 Å². The zero-order valence-corrected chi connectivity index (χ0v) is 13.6. The van der Waals surface area contributed by atoms with Gasteiger partial charge >= 0.3 is 6.09 Å². The molecule has 2 N–H and O–H groups in total. The lowest BCUT2D eigenvalue weighted by Crippen LogP contribution is -2.24. The van der Waals surface area contributed by atoms with Crippen LogP contribution in [0.4, 0.5) is 4.79 Å². The molecule has 0 aliphatic carbocycles. The number of phenols is 1. The monoisotopic (exact) mass is 336 g/mol. The van der Waals surface area contributed by atoms with E-state index in [2.05, 4.69) is 17.2 Å². The van der Waals surface area contributed by atoms with Crippen molar-refractivity contribution in [3.8, 4) is 29.4 Å². The van der Waals surface area contributed by atoms with Crippen LogP contribution in [0.3, 0.4) is 0 Å². The number of benzene rings is 2. The molecule has 0 saturated carbocycles. The lowest BCUT2D eigenvalue weighted by molar-refractivity contribution is 0.141. The number of methoxy groups -OCH3 is 1. The minimum atomic E-state index is -0.592. The van der Waals surface area contributed by atoms with Crippen molar-refractivity contribution in [2.24, 2.45) is 0 Å². The second-order valence-electron chi connectivity index (χ2n) is 4.90. The van der Waals surface area contributed by atoms with E-state index in [9.17, 15) is 9.90 Å². The number of aromatic hydroxyl groups is 1. The number of hydrogen-bond acceptors (Lipinski definition) is 5. The highest BCUT2D eigenvalue weighted by Gasteiger charge is 2.08. The average molecular weight is 336 g/mol. The predicted octanol–water partition coefficient (Wildman–Crippen LogP) is 2.55. The molecule has 0 fully saturated rings. The van der Waals surface area contributed by atoms with Crippen molar-refractivity contribution >= 4 is 6.09 Å². The minimum absolute atomic E-state index is 0.0339. The van der Waals surface area contributed by atoms with Gasteiger partial charge in [-0.2, -0.15) is 5.26 Å². The van der Waals surface area contributed by atoms with Crippen LogP contribution in [0.25, 0.3) is 0 Å². The van der Waals surface area contributed by atoms with Gasteiger partial charge in [0.25, 0.3) is 0 Å². The van der Waals surface area contributed by atoms with E-state index < -0.39 is 6.09 Å². The van der Waals surface area contributed by atoms with Gasteiger partial charge in [0.05, 0.1) is 30.9 Å². The van der Waals surface area contributed by atoms with E-state index in [-0.39, 0.29) is 30.2 Å². The van der Waals surface area contributed by atoms with E-state index >= 15 is 0 Å². The maximum Gasteiger partial charge on any atom is 0.408 e. The quantitative estimate of drug-likeness (QED) is 0.837. The van der Waals surface area contributed by atoms with Gasteiger partial charge in [0.15, 0.2) is 11.5 Å². The topological polar surface area (TPSA) is 91.6 Å². The lowest BCUT2D eigenvalue weighted by atomic mass is 10.1. The van der Waals surface area contributed by atoms with Crippen molar-refractivity contribution in [2.75, 3.05) is 13.7 Å². The lowest BCUT2D eigenvalue weighted by Gasteiger charge is -2.06. The van der Waals surface area contributed by atoms with Crippen LogP contribution in [-0.4, -0.2) is 24.9 Å². The Morgan fingerprint density at radius 1 is 1.28 bits per heavy atom. The fourth-order valence-corrected chi connectivity index (χ4v) is 1.95. The number of hydrogen-bond donors (Lipinski definition) is 2. The number of carbonyl (C=O) groups excluding carboxylic acids is 1. The maximum atomic E-state index is 11.6. The second-order valence-corrected chi connectivity index (χ2v) is 4.90. The number of ether oxygens (including phenoxy) is 2. The first-order valence-corrected chi connectivity index (χ1v) is 7.38. The summed E-state index contributed by atoms with van der Waals surface area (Å²) in [6.07, 6.45) is -0.592. The summed E-state index contributed by atoms with van der Waals surface area (Å²) in [5, 5.41) is 21.4. The first kappa shape index (κ1) is 17.7. The minimum Gasteiger partial charge on any atom is -0.503 e. The largest absolute Gasteiger partial charge is 0.503 e. The standard InChI is InChI=1S/C19H16N2O4/c1-24-17-11-15(12-20)10-16(18(17)22)8-5-9-21-19(23)25-13-14-6-3-2-4-7-14/h2-4,6-7,10-11,22H,9,13H2,1H3,(H,21,23). The van der Waals surface area contributed by atoms with Crippen molar-refractivity contribution < 1.29 is 19.4 Å². The fraction of sp³-hybridized carbons (Fsp3) is 0.158. The molecule has 0 bridgehead atoms. The number of nitrogens with one attached hydrogen (secondary N) is 1. The molecule has 0 radical (unpaired) electrons. The smallest absolute Gasteiger partial charge is 0.408 e. The highest BCUT2D eigenvalue weighted by molar-refractivity contribution is 5.67. The van der Waals surface area contributed by atoms with Crippen molar-refractivity contribution in [2.45, 2.75) is 6.61 Å². The molecule has 2 aromatic rings. The van der Waals surface area contributed by atoms with Crippen LogP contribution in [0.1, 0.15) is 16.7 Å². The Bertz CT molecular complexity index is 845. The highest BCUT2D eigenvalue weighted by Crippen LogP contribution is 2.30. The molecular weight excluding hydrogens is 320 g/mol. The molecule has 0 aliphatic heterocycles. The van der Waals surface area contributed by atoms with E-state index in [1.807, 2.05) is 36.4 Å². The van der Waals surface area contributed by atoms with E-state index in [4.69, 9.17) is 14.7 Å². The number of phenolic OH excluding ortho intramolecular Hbond substituents is 1. The van der Waals surface area contributed by atoms with Gasteiger partial charge in [0.1, 0.15) is 6.61 Å². The number of carbonyl (C=O) groups is 1. The number of nitrogens with zero attached hydrogens (tertiary/aromatic N) is 1. The van der Waals surface area contributed by atoms with Crippen molar-refractivity contribution in [1.82, 2.24) is 5.32 Å². The van der Waals surface area contributed by atoms with Crippen molar-refractivity contribution in [3.63, 3.8) is 0 Å². The molecular formula is C19H16N2O4. The van der Waals surface area contributed by atoms with Gasteiger partial charge in [0, 0.05) is 6.07 Å². The Morgan fingerprint density at radius 3 is 2.72 bits per heavy atom. The predicted molar refractivity (Wildman–Crippen MR) is 90.9 cm³/mol. The summed E-state index contributed by atoms with van der Waals surface area (Å²) >= 11 is 0. The molecule has 0 aliphatic rings. The molecule has 6 heteroatoms. The molecule has 1 amide bonds. The molecule has 25 heavy (non-hydrogen) atoms. The van der Waals surface area contributed by atoms with Crippen LogP contribution in [0.2, 0.25) is 0 Å². The molecule has 2 aromatic carbocycles. The van der Waals surface area contributed by atoms with Crippen LogP contribution in [0.5, 0.6) is 11.5 Å². The zero-order valence-electron chi connectivity index (χ0n) is 13.6. The highest BCUT2D eigenvalue weighted by atomic mass is 16.5. The Morgan fingerprint density at radius 2 is 2.04 bits per heavy atom. The molecule has 0 heterocycles. The Balaban J connectivity index is 1.90. The summed E-state index contributed by atoms with van der Waals surface area (Å²) in [6.45, 7) is 0.203. The first-order valence-electron chi connectivity index (χ1n) is 7.38. The molecule has 2 rings (SSSR count). The Hall–Kier alpha value is -3.64. The molecule has 6 nitrogen and oxygen atoms in total. The molecule has 0 unspecified atom stereocenters. The van der Waals surface area contributed by atoms with Crippen molar-refractivity contribution in [1.29, 1.82) is 5.26 Å². The third-order valence-corrected chi connectivity index (χ3v) is 3.18. The zero-order chi connectivity index (χ0) is 18.1. The van der Waals surface area contributed by atoms with E-state index in [0.717, 1.165) is 5.56 Å². The first-order chi connectivity index (χ1) is 12.1. The fourth-order valence-electron chi connectivity index (χ4n) is 1.95. The number of amides is 1. The summed E-state index contributed by atoms with van der Waals surface area (Å²) in [6, 6.07) is 14.1. The van der Waals surface area contributed by atoms with E-state index in [1.54, 1.807) is 0 Å². The Kier molecular flexibility index (Phi) is 6.27. The maximum absolute atomic E-state index is 11.6. The van der Waals surface area contributed by atoms with Crippen LogP contribution < -0.4 is 10.1 Å². The summed E-state index contributed by atoms with van der Waals surface area (Å²) in [5.74, 6) is 5.39. The summed E-state index contributed by atoms with van der Waals surface area (Å²) in [7, 11) is 1.39. The average Bonchev–Trinajstić information content (AvgIpc) is 2.65. The summed E-state index contributed by atoms with van der Waals surface area (Å²) in [5.41, 5.74) is 1.44. The molecule has 0 spiro atoms. The van der Waals surface area contributed by atoms with Gasteiger partial charge in [0.2, 0.25) is 0 Å². The molecule has 126 valence electrons. The van der Waals surface area contributed by atoms with Gasteiger partial charge in [-0.05, 0) is 11.6 Å². The second kappa shape index (κ2) is 8.85. The van der Waals surface area contributed by atoms with Gasteiger partial charge in [-0.3, -0.25) is 0 Å². The molecule has 0 aromatic heterocycles.